The van der Waals surface area contributed by atoms with Crippen LogP contribution in [0.1, 0.15) is 36.9 Å². The molecule has 0 bridgehead atoms. The molecule has 7 nitrogen and oxygen atoms in total. The molecule has 1 saturated heterocycles. The van der Waals surface area contributed by atoms with E-state index in [1.165, 1.54) is 26.0 Å². The zero-order chi connectivity index (χ0) is 18.2. The maximum absolute atomic E-state index is 12.0. The molecule has 1 aliphatic rings. The van der Waals surface area contributed by atoms with Crippen molar-refractivity contribution in [2.75, 3.05) is 6.61 Å². The van der Waals surface area contributed by atoms with E-state index in [9.17, 15) is 14.4 Å². The Bertz CT molecular complexity index is 879. The van der Waals surface area contributed by atoms with Crippen molar-refractivity contribution < 1.29 is 33.0 Å². The van der Waals surface area contributed by atoms with E-state index >= 15 is 0 Å². The molecule has 1 aromatic heterocycles. The van der Waals surface area contributed by atoms with Crippen molar-refractivity contribution in [3.8, 4) is 0 Å². The first-order valence-electron chi connectivity index (χ1n) is 7.68. The Balaban J connectivity index is 1.93. The molecule has 0 spiro atoms. The number of ether oxygens (including phenoxy) is 3. The van der Waals surface area contributed by atoms with Crippen molar-refractivity contribution in [1.82, 2.24) is 0 Å². The molecule has 3 rings (SSSR count). The third-order valence-electron chi connectivity index (χ3n) is 3.44. The lowest BCUT2D eigenvalue weighted by Crippen LogP contribution is -2.41. The minimum absolute atomic E-state index is 0.0832. The summed E-state index contributed by atoms with van der Waals surface area (Å²) in [5.74, 6) is -3.25. The van der Waals surface area contributed by atoms with E-state index in [1.807, 2.05) is 0 Å². The van der Waals surface area contributed by atoms with E-state index < -0.39 is 23.7 Å². The van der Waals surface area contributed by atoms with Gasteiger partial charge in [-0.2, -0.15) is 0 Å². The molecule has 0 unspecified atom stereocenters. The summed E-state index contributed by atoms with van der Waals surface area (Å²) < 4.78 is 20.4. The highest BCUT2D eigenvalue weighted by Crippen LogP contribution is 2.26. The Morgan fingerprint density at radius 2 is 1.84 bits per heavy atom. The van der Waals surface area contributed by atoms with E-state index in [0.717, 1.165) is 0 Å². The van der Waals surface area contributed by atoms with Crippen LogP contribution in [0, 0.1) is 0 Å². The number of benzene rings is 1. The summed E-state index contributed by atoms with van der Waals surface area (Å²) in [7, 11) is 0. The summed E-state index contributed by atoms with van der Waals surface area (Å²) in [6.45, 7) is 4.91. The van der Waals surface area contributed by atoms with Crippen molar-refractivity contribution in [1.29, 1.82) is 0 Å². The van der Waals surface area contributed by atoms with Crippen LogP contribution in [0.15, 0.2) is 34.3 Å². The first-order chi connectivity index (χ1) is 11.8. The predicted octanol–water partition coefficient (Wildman–Crippen LogP) is 2.83. The Hall–Kier alpha value is -3.09. The van der Waals surface area contributed by atoms with Gasteiger partial charge in [-0.15, -0.1) is 0 Å². The second kappa shape index (κ2) is 6.08. The molecule has 0 saturated carbocycles. The first kappa shape index (κ1) is 16.8. The Morgan fingerprint density at radius 3 is 2.48 bits per heavy atom. The molecular weight excluding hydrogens is 328 g/mol. The minimum Gasteiger partial charge on any atom is -0.460 e. The van der Waals surface area contributed by atoms with E-state index in [1.54, 1.807) is 25.1 Å². The van der Waals surface area contributed by atoms with Crippen LogP contribution in [0.4, 0.5) is 0 Å². The Morgan fingerprint density at radius 1 is 1.16 bits per heavy atom. The molecule has 0 N–H and O–H groups in total. The molecule has 1 aliphatic heterocycles. The standard InChI is InChI=1S/C18H16O7/c1-4-22-17(21)14-9-11-7-10(5-6-13(11)23-14)8-12-15(19)24-18(2,3)25-16(12)20/h5-9H,4H2,1-3H3. The highest BCUT2D eigenvalue weighted by molar-refractivity contribution is 6.19. The molecule has 0 radical (unpaired) electrons. The molecule has 0 atom stereocenters. The van der Waals surface area contributed by atoms with Gasteiger partial charge in [0.15, 0.2) is 0 Å². The zero-order valence-corrected chi connectivity index (χ0v) is 14.0. The maximum Gasteiger partial charge on any atom is 0.374 e. The van der Waals surface area contributed by atoms with Gasteiger partial charge in [-0.3, -0.25) is 0 Å². The van der Waals surface area contributed by atoms with Gasteiger partial charge < -0.3 is 18.6 Å². The van der Waals surface area contributed by atoms with E-state index in [-0.39, 0.29) is 17.9 Å². The van der Waals surface area contributed by atoms with Crippen LogP contribution in [0.25, 0.3) is 17.0 Å². The average molecular weight is 344 g/mol. The largest absolute Gasteiger partial charge is 0.460 e. The minimum atomic E-state index is -1.28. The van der Waals surface area contributed by atoms with Gasteiger partial charge in [-0.25, -0.2) is 14.4 Å². The fourth-order valence-corrected chi connectivity index (χ4v) is 2.40. The number of hydrogen-bond donors (Lipinski definition) is 0. The van der Waals surface area contributed by atoms with Gasteiger partial charge in [0.1, 0.15) is 11.2 Å². The second-order valence-corrected chi connectivity index (χ2v) is 5.87. The van der Waals surface area contributed by atoms with Crippen molar-refractivity contribution in [3.05, 3.63) is 41.2 Å². The monoisotopic (exact) mass is 344 g/mol. The zero-order valence-electron chi connectivity index (χ0n) is 14.0. The van der Waals surface area contributed by atoms with Crippen molar-refractivity contribution >= 4 is 35.0 Å². The smallest absolute Gasteiger partial charge is 0.374 e. The lowest BCUT2D eigenvalue weighted by atomic mass is 10.1. The summed E-state index contributed by atoms with van der Waals surface area (Å²) in [5, 5.41) is 0.635. The molecule has 25 heavy (non-hydrogen) atoms. The summed E-state index contributed by atoms with van der Waals surface area (Å²) in [6.07, 6.45) is 1.37. The number of esters is 3. The van der Waals surface area contributed by atoms with Crippen molar-refractivity contribution in [2.24, 2.45) is 0 Å². The predicted molar refractivity (Wildman–Crippen MR) is 86.4 cm³/mol. The molecule has 7 heteroatoms. The molecule has 1 aromatic carbocycles. The van der Waals surface area contributed by atoms with Crippen molar-refractivity contribution in [3.63, 3.8) is 0 Å². The highest BCUT2D eigenvalue weighted by Gasteiger charge is 2.38. The van der Waals surface area contributed by atoms with Crippen LogP contribution in [0.3, 0.4) is 0 Å². The highest BCUT2D eigenvalue weighted by atomic mass is 16.7. The van der Waals surface area contributed by atoms with Crippen LogP contribution in [0.2, 0.25) is 0 Å². The summed E-state index contributed by atoms with van der Waals surface area (Å²) in [6, 6.07) is 6.49. The van der Waals surface area contributed by atoms with Gasteiger partial charge in [0, 0.05) is 19.2 Å². The van der Waals surface area contributed by atoms with Gasteiger partial charge in [0.05, 0.1) is 6.61 Å². The van der Waals surface area contributed by atoms with Gasteiger partial charge in [-0.1, -0.05) is 6.07 Å². The third kappa shape index (κ3) is 3.40. The average Bonchev–Trinajstić information content (AvgIpc) is 2.93. The second-order valence-electron chi connectivity index (χ2n) is 5.87. The van der Waals surface area contributed by atoms with Crippen LogP contribution in [-0.2, 0) is 23.8 Å². The van der Waals surface area contributed by atoms with Gasteiger partial charge in [0.2, 0.25) is 5.76 Å². The third-order valence-corrected chi connectivity index (χ3v) is 3.44. The molecule has 0 aliphatic carbocycles. The molecular formula is C18H16O7. The quantitative estimate of drug-likeness (QED) is 0.480. The maximum atomic E-state index is 12.0. The van der Waals surface area contributed by atoms with E-state index in [4.69, 9.17) is 18.6 Å². The number of rotatable bonds is 3. The lowest BCUT2D eigenvalue weighted by Gasteiger charge is -2.29. The van der Waals surface area contributed by atoms with E-state index in [0.29, 0.717) is 16.5 Å². The fourth-order valence-electron chi connectivity index (χ4n) is 2.40. The normalized spacial score (nSPS) is 16.4. The van der Waals surface area contributed by atoms with Gasteiger partial charge >= 0.3 is 17.9 Å². The SMILES string of the molecule is CCOC(=O)c1cc2cc(C=C3C(=O)OC(C)(C)OC3=O)ccc2o1. The molecule has 2 heterocycles. The number of hydrogen-bond acceptors (Lipinski definition) is 7. The number of fused-ring (bicyclic) bond motifs is 1. The van der Waals surface area contributed by atoms with Crippen LogP contribution >= 0.6 is 0 Å². The van der Waals surface area contributed by atoms with Gasteiger partial charge in [0.25, 0.3) is 5.79 Å². The fraction of sp³-hybridized carbons (Fsp3) is 0.278. The Kier molecular flexibility index (Phi) is 4.08. The Labute approximate surface area is 143 Å². The summed E-state index contributed by atoms with van der Waals surface area (Å²) in [4.78, 5) is 35.7. The van der Waals surface area contributed by atoms with Crippen LogP contribution < -0.4 is 0 Å². The number of furan rings is 1. The molecule has 130 valence electrons. The molecule has 2 aromatic rings. The number of cyclic esters (lactones) is 2. The number of carbonyl (C=O) groups is 3. The summed E-state index contributed by atoms with van der Waals surface area (Å²) in [5.41, 5.74) is 0.847. The number of carbonyl (C=O) groups excluding carboxylic acids is 3. The first-order valence-corrected chi connectivity index (χ1v) is 7.68. The van der Waals surface area contributed by atoms with Crippen LogP contribution in [0.5, 0.6) is 0 Å². The van der Waals surface area contributed by atoms with E-state index in [2.05, 4.69) is 0 Å². The lowest BCUT2D eigenvalue weighted by molar-refractivity contribution is -0.222. The topological polar surface area (TPSA) is 92.0 Å². The summed E-state index contributed by atoms with van der Waals surface area (Å²) >= 11 is 0. The van der Waals surface area contributed by atoms with Gasteiger partial charge in [-0.05, 0) is 36.8 Å². The van der Waals surface area contributed by atoms with Crippen molar-refractivity contribution in [2.45, 2.75) is 26.6 Å². The molecule has 0 amide bonds. The molecule has 1 fully saturated rings. The van der Waals surface area contributed by atoms with Crippen LogP contribution in [-0.4, -0.2) is 30.3 Å².